The van der Waals surface area contributed by atoms with Crippen molar-refractivity contribution in [3.63, 3.8) is 0 Å². The van der Waals surface area contributed by atoms with Gasteiger partial charge in [-0.1, -0.05) is 67.0 Å². The Hall–Kier alpha value is -2.31. The molecule has 3 aromatic rings. The lowest BCUT2D eigenvalue weighted by Crippen LogP contribution is -2.33. The fraction of sp³-hybridized carbons (Fsp3) is 0.318. The molecule has 0 aliphatic heterocycles. The van der Waals surface area contributed by atoms with E-state index in [0.29, 0.717) is 10.6 Å². The van der Waals surface area contributed by atoms with Gasteiger partial charge in [-0.25, -0.2) is 0 Å². The summed E-state index contributed by atoms with van der Waals surface area (Å²) in [7, 11) is 1.94. The van der Waals surface area contributed by atoms with Gasteiger partial charge in [-0.2, -0.15) is 0 Å². The molecule has 7 heteroatoms. The van der Waals surface area contributed by atoms with Gasteiger partial charge in [0.05, 0.1) is 6.04 Å². The van der Waals surface area contributed by atoms with Crippen molar-refractivity contribution in [3.05, 3.63) is 76.1 Å². The third-order valence-corrected chi connectivity index (χ3v) is 6.04. The van der Waals surface area contributed by atoms with Crippen LogP contribution in [-0.2, 0) is 12.8 Å². The number of halogens is 1. The van der Waals surface area contributed by atoms with E-state index >= 15 is 0 Å². The number of nitrogens with zero attached hydrogens (tertiary/aromatic N) is 3. The molecule has 5 nitrogen and oxygen atoms in total. The molecule has 29 heavy (non-hydrogen) atoms. The van der Waals surface area contributed by atoms with Crippen LogP contribution in [0.4, 0.5) is 0 Å². The van der Waals surface area contributed by atoms with Crippen LogP contribution in [0, 0.1) is 12.8 Å². The summed E-state index contributed by atoms with van der Waals surface area (Å²) in [6.07, 6.45) is 0. The number of benzene rings is 2. The monoisotopic (exact) mass is 428 g/mol. The van der Waals surface area contributed by atoms with E-state index in [-0.39, 0.29) is 17.9 Å². The molecule has 1 N–H and O–H groups in total. The van der Waals surface area contributed by atoms with Gasteiger partial charge in [0.2, 0.25) is 0 Å². The minimum Gasteiger partial charge on any atom is -0.342 e. The van der Waals surface area contributed by atoms with E-state index in [2.05, 4.69) is 60.6 Å². The number of amides is 1. The number of aryl methyl sites for hydroxylation is 1. The summed E-state index contributed by atoms with van der Waals surface area (Å²) in [5, 5.41) is 13.2. The van der Waals surface area contributed by atoms with E-state index in [9.17, 15) is 4.79 Å². The van der Waals surface area contributed by atoms with Crippen molar-refractivity contribution in [1.29, 1.82) is 0 Å². The maximum Gasteiger partial charge on any atom is 0.251 e. The lowest BCUT2D eigenvalue weighted by Gasteiger charge is -2.21. The zero-order valence-corrected chi connectivity index (χ0v) is 18.6. The second-order valence-corrected chi connectivity index (χ2v) is 8.76. The first-order chi connectivity index (χ1) is 13.8. The Kier molecular flexibility index (Phi) is 6.98. The first kappa shape index (κ1) is 21.4. The first-order valence-electron chi connectivity index (χ1n) is 9.49. The Labute approximate surface area is 180 Å². The second-order valence-electron chi connectivity index (χ2n) is 7.38. The molecule has 152 valence electrons. The van der Waals surface area contributed by atoms with Crippen LogP contribution in [0.3, 0.4) is 0 Å². The summed E-state index contributed by atoms with van der Waals surface area (Å²) in [5.74, 6) is 1.56. The van der Waals surface area contributed by atoms with Crippen molar-refractivity contribution in [2.24, 2.45) is 13.0 Å². The van der Waals surface area contributed by atoms with Crippen LogP contribution in [-0.4, -0.2) is 20.7 Å². The van der Waals surface area contributed by atoms with Crippen LogP contribution >= 0.6 is 23.4 Å². The Balaban J connectivity index is 1.73. The van der Waals surface area contributed by atoms with Gasteiger partial charge in [-0.05, 0) is 42.7 Å². The average molecular weight is 429 g/mol. The van der Waals surface area contributed by atoms with Crippen molar-refractivity contribution >= 4 is 29.3 Å². The standard InChI is InChI=1S/C22H25ClN4OS/c1-14(2)19(24-21(28)17-9-11-18(23)12-10-17)20-25-26-22(27(20)4)29-13-16-7-5-15(3)6-8-16/h5-12,14,19H,13H2,1-4H3,(H,24,28)/t19-/m1/s1. The van der Waals surface area contributed by atoms with Crippen molar-refractivity contribution in [1.82, 2.24) is 20.1 Å². The lowest BCUT2D eigenvalue weighted by atomic mass is 10.0. The van der Waals surface area contributed by atoms with Gasteiger partial charge in [0.25, 0.3) is 5.91 Å². The van der Waals surface area contributed by atoms with Gasteiger partial charge in [0.1, 0.15) is 0 Å². The Morgan fingerprint density at radius 3 is 2.38 bits per heavy atom. The Morgan fingerprint density at radius 2 is 1.76 bits per heavy atom. The molecule has 1 aromatic heterocycles. The van der Waals surface area contributed by atoms with Crippen molar-refractivity contribution in [3.8, 4) is 0 Å². The molecule has 0 saturated heterocycles. The third-order valence-electron chi connectivity index (χ3n) is 4.69. The highest BCUT2D eigenvalue weighted by Gasteiger charge is 2.25. The molecule has 0 spiro atoms. The van der Waals surface area contributed by atoms with Gasteiger partial charge in [0, 0.05) is 23.4 Å². The Bertz CT molecular complexity index is 967. The SMILES string of the molecule is Cc1ccc(CSc2nnc([C@H](NC(=O)c3ccc(Cl)cc3)C(C)C)n2C)cc1. The predicted octanol–water partition coefficient (Wildman–Crippen LogP) is 5.20. The Morgan fingerprint density at radius 1 is 1.10 bits per heavy atom. The van der Waals surface area contributed by atoms with Gasteiger partial charge >= 0.3 is 0 Å². The van der Waals surface area contributed by atoms with E-state index in [1.807, 2.05) is 11.6 Å². The molecule has 2 aromatic carbocycles. The summed E-state index contributed by atoms with van der Waals surface area (Å²) in [6.45, 7) is 6.19. The highest BCUT2D eigenvalue weighted by Crippen LogP contribution is 2.26. The molecule has 1 atom stereocenters. The zero-order chi connectivity index (χ0) is 21.0. The maximum absolute atomic E-state index is 12.7. The summed E-state index contributed by atoms with van der Waals surface area (Å²) in [4.78, 5) is 12.7. The number of carbonyl (C=O) groups excluding carboxylic acids is 1. The summed E-state index contributed by atoms with van der Waals surface area (Å²) < 4.78 is 1.96. The number of thioether (sulfide) groups is 1. The fourth-order valence-corrected chi connectivity index (χ4v) is 3.91. The van der Waals surface area contributed by atoms with E-state index < -0.39 is 0 Å². The van der Waals surface area contributed by atoms with Crippen LogP contribution < -0.4 is 5.32 Å². The number of nitrogens with one attached hydrogen (secondary N) is 1. The minimum atomic E-state index is -0.246. The molecule has 0 unspecified atom stereocenters. The molecule has 1 amide bonds. The maximum atomic E-state index is 12.7. The molecule has 0 fully saturated rings. The zero-order valence-electron chi connectivity index (χ0n) is 17.0. The number of rotatable bonds is 7. The molecule has 0 saturated carbocycles. The normalized spacial score (nSPS) is 12.2. The molecule has 0 aliphatic rings. The van der Waals surface area contributed by atoms with Gasteiger partial charge in [-0.15, -0.1) is 10.2 Å². The molecule has 3 rings (SSSR count). The van der Waals surface area contributed by atoms with Crippen molar-refractivity contribution in [2.45, 2.75) is 37.7 Å². The lowest BCUT2D eigenvalue weighted by molar-refractivity contribution is 0.0922. The summed E-state index contributed by atoms with van der Waals surface area (Å²) >= 11 is 7.55. The van der Waals surface area contributed by atoms with E-state index in [0.717, 1.165) is 16.7 Å². The van der Waals surface area contributed by atoms with Crippen molar-refractivity contribution in [2.75, 3.05) is 0 Å². The molecular weight excluding hydrogens is 404 g/mol. The quantitative estimate of drug-likeness (QED) is 0.525. The van der Waals surface area contributed by atoms with Crippen LogP contribution in [0.1, 0.15) is 47.2 Å². The largest absolute Gasteiger partial charge is 0.342 e. The highest BCUT2D eigenvalue weighted by molar-refractivity contribution is 7.98. The minimum absolute atomic E-state index is 0.155. The smallest absolute Gasteiger partial charge is 0.251 e. The van der Waals surface area contributed by atoms with Crippen molar-refractivity contribution < 1.29 is 4.79 Å². The highest BCUT2D eigenvalue weighted by atomic mass is 35.5. The molecule has 0 bridgehead atoms. The summed E-state index contributed by atoms with van der Waals surface area (Å²) in [6, 6.07) is 15.1. The van der Waals surface area contributed by atoms with E-state index in [4.69, 9.17) is 11.6 Å². The molecular formula is C22H25ClN4OS. The topological polar surface area (TPSA) is 59.8 Å². The number of hydrogen-bond acceptors (Lipinski definition) is 4. The van der Waals surface area contributed by atoms with E-state index in [1.165, 1.54) is 11.1 Å². The van der Waals surface area contributed by atoms with Crippen LogP contribution in [0.2, 0.25) is 5.02 Å². The van der Waals surface area contributed by atoms with Gasteiger partial charge in [-0.3, -0.25) is 4.79 Å². The van der Waals surface area contributed by atoms with Gasteiger partial charge in [0.15, 0.2) is 11.0 Å². The molecule has 0 radical (unpaired) electrons. The predicted molar refractivity (Wildman–Crippen MR) is 118 cm³/mol. The average Bonchev–Trinajstić information content (AvgIpc) is 3.06. The number of carbonyl (C=O) groups is 1. The first-order valence-corrected chi connectivity index (χ1v) is 10.9. The van der Waals surface area contributed by atoms with Gasteiger partial charge < -0.3 is 9.88 Å². The van der Waals surface area contributed by atoms with Crippen LogP contribution in [0.5, 0.6) is 0 Å². The number of aromatic nitrogens is 3. The summed E-state index contributed by atoms with van der Waals surface area (Å²) in [5.41, 5.74) is 3.05. The van der Waals surface area contributed by atoms with Crippen LogP contribution in [0.25, 0.3) is 0 Å². The van der Waals surface area contributed by atoms with Crippen LogP contribution in [0.15, 0.2) is 53.7 Å². The van der Waals surface area contributed by atoms with E-state index in [1.54, 1.807) is 36.0 Å². The molecule has 1 heterocycles. The second kappa shape index (κ2) is 9.46. The third kappa shape index (κ3) is 5.40. The molecule has 0 aliphatic carbocycles. The fourth-order valence-electron chi connectivity index (χ4n) is 2.91. The number of hydrogen-bond donors (Lipinski definition) is 1.